The van der Waals surface area contributed by atoms with Crippen molar-refractivity contribution in [2.75, 3.05) is 11.9 Å². The molecule has 6 heteroatoms. The number of halogens is 3. The number of hydrogen-bond acceptors (Lipinski definition) is 2. The summed E-state index contributed by atoms with van der Waals surface area (Å²) in [5, 5.41) is 3.04. The minimum atomic E-state index is -0.646. The van der Waals surface area contributed by atoms with Gasteiger partial charge in [-0.3, -0.25) is 4.99 Å². The van der Waals surface area contributed by atoms with E-state index in [-0.39, 0.29) is 17.8 Å². The van der Waals surface area contributed by atoms with Crippen LogP contribution >= 0.6 is 28.1 Å². The molecule has 0 saturated heterocycles. The highest BCUT2D eigenvalue weighted by Crippen LogP contribution is 2.28. The van der Waals surface area contributed by atoms with Gasteiger partial charge in [-0.25, -0.2) is 8.78 Å². The predicted octanol–water partition coefficient (Wildman–Crippen LogP) is 4.32. The molecule has 3 rings (SSSR count). The normalized spacial score (nSPS) is 14.0. The van der Waals surface area contributed by atoms with Crippen molar-refractivity contribution in [1.29, 1.82) is 0 Å². The van der Waals surface area contributed by atoms with Crippen molar-refractivity contribution in [1.82, 2.24) is 0 Å². The molecule has 1 heterocycles. The second-order valence-electron chi connectivity index (χ2n) is 4.50. The SMILES string of the molecule is Fc1cccc(F)c1C1=NCC(=S)Nc2ccc(Br)cc21. The maximum absolute atomic E-state index is 14.1. The van der Waals surface area contributed by atoms with Crippen LogP contribution in [-0.2, 0) is 0 Å². The molecule has 1 aliphatic heterocycles. The number of benzene rings is 2. The molecule has 0 unspecified atom stereocenters. The Balaban J connectivity index is 2.28. The summed E-state index contributed by atoms with van der Waals surface area (Å²) < 4.78 is 28.9. The molecule has 0 amide bonds. The van der Waals surface area contributed by atoms with E-state index >= 15 is 0 Å². The van der Waals surface area contributed by atoms with Gasteiger partial charge >= 0.3 is 0 Å². The average molecular weight is 367 g/mol. The molecule has 2 aromatic rings. The highest BCUT2D eigenvalue weighted by Gasteiger charge is 2.22. The molecule has 21 heavy (non-hydrogen) atoms. The van der Waals surface area contributed by atoms with Crippen LogP contribution in [0.4, 0.5) is 14.5 Å². The molecule has 0 saturated carbocycles. The fourth-order valence-corrected chi connectivity index (χ4v) is 2.72. The zero-order chi connectivity index (χ0) is 15.0. The van der Waals surface area contributed by atoms with Crippen molar-refractivity contribution in [2.24, 2.45) is 4.99 Å². The first-order chi connectivity index (χ1) is 10.1. The van der Waals surface area contributed by atoms with Gasteiger partial charge in [0.2, 0.25) is 0 Å². The molecule has 0 spiro atoms. The molecule has 0 atom stereocenters. The molecular formula is C15H9BrF2N2S. The number of thiocarbonyl (C=S) groups is 1. The van der Waals surface area contributed by atoms with Crippen molar-refractivity contribution in [3.63, 3.8) is 0 Å². The van der Waals surface area contributed by atoms with Gasteiger partial charge in [0, 0.05) is 15.7 Å². The van der Waals surface area contributed by atoms with Crippen LogP contribution in [0, 0.1) is 11.6 Å². The van der Waals surface area contributed by atoms with Crippen LogP contribution in [0.5, 0.6) is 0 Å². The third-order valence-corrected chi connectivity index (χ3v) is 3.82. The van der Waals surface area contributed by atoms with Crippen molar-refractivity contribution in [3.8, 4) is 0 Å². The molecule has 0 radical (unpaired) electrons. The largest absolute Gasteiger partial charge is 0.348 e. The smallest absolute Gasteiger partial charge is 0.135 e. The lowest BCUT2D eigenvalue weighted by molar-refractivity contribution is 0.579. The number of anilines is 1. The van der Waals surface area contributed by atoms with E-state index in [1.807, 2.05) is 6.07 Å². The summed E-state index contributed by atoms with van der Waals surface area (Å²) in [4.78, 5) is 4.80. The predicted molar refractivity (Wildman–Crippen MR) is 87.2 cm³/mol. The van der Waals surface area contributed by atoms with E-state index in [1.54, 1.807) is 12.1 Å². The second-order valence-corrected chi connectivity index (χ2v) is 5.91. The Bertz CT molecular complexity index is 754. The maximum atomic E-state index is 14.1. The number of rotatable bonds is 1. The van der Waals surface area contributed by atoms with E-state index in [0.29, 0.717) is 16.2 Å². The van der Waals surface area contributed by atoms with Crippen molar-refractivity contribution < 1.29 is 8.78 Å². The topological polar surface area (TPSA) is 24.4 Å². The standard InChI is InChI=1S/C15H9BrF2N2S/c16-8-4-5-12-9(6-8)15(19-7-13(21)20-12)14-10(17)2-1-3-11(14)18/h1-6H,7H2,(H,20,21). The van der Waals surface area contributed by atoms with Crippen LogP contribution in [0.3, 0.4) is 0 Å². The van der Waals surface area contributed by atoms with Crippen molar-refractivity contribution in [2.45, 2.75) is 0 Å². The third kappa shape index (κ3) is 2.73. The van der Waals surface area contributed by atoms with E-state index in [1.165, 1.54) is 18.2 Å². The Hall–Kier alpha value is -1.66. The molecule has 0 fully saturated rings. The molecule has 106 valence electrons. The number of benzodiazepines with no additional fused rings is 1. The van der Waals surface area contributed by atoms with Gasteiger partial charge in [0.05, 0.1) is 17.8 Å². The van der Waals surface area contributed by atoms with Crippen molar-refractivity contribution >= 4 is 44.5 Å². The van der Waals surface area contributed by atoms with E-state index < -0.39 is 11.6 Å². The zero-order valence-corrected chi connectivity index (χ0v) is 13.1. The van der Waals surface area contributed by atoms with Gasteiger partial charge in [-0.05, 0) is 30.3 Å². The summed E-state index contributed by atoms with van der Waals surface area (Å²) in [6, 6.07) is 9.15. The van der Waals surface area contributed by atoms with Crippen LogP contribution in [-0.4, -0.2) is 17.2 Å². The third-order valence-electron chi connectivity index (χ3n) is 3.09. The number of nitrogens with one attached hydrogen (secondary N) is 1. The van der Waals surface area contributed by atoms with Gasteiger partial charge in [0.25, 0.3) is 0 Å². The van der Waals surface area contributed by atoms with Gasteiger partial charge in [0.1, 0.15) is 16.6 Å². The molecule has 2 nitrogen and oxygen atoms in total. The Morgan fingerprint density at radius 3 is 2.57 bits per heavy atom. The second kappa shape index (κ2) is 5.61. The summed E-state index contributed by atoms with van der Waals surface area (Å²) in [7, 11) is 0. The minimum absolute atomic E-state index is 0.136. The maximum Gasteiger partial charge on any atom is 0.135 e. The summed E-state index contributed by atoms with van der Waals surface area (Å²) in [5.41, 5.74) is 1.41. The van der Waals surface area contributed by atoms with Gasteiger partial charge < -0.3 is 5.32 Å². The molecule has 0 aliphatic carbocycles. The van der Waals surface area contributed by atoms with Crippen LogP contribution < -0.4 is 5.32 Å². The Morgan fingerprint density at radius 1 is 1.14 bits per heavy atom. The van der Waals surface area contributed by atoms with Crippen LogP contribution in [0.1, 0.15) is 11.1 Å². The van der Waals surface area contributed by atoms with E-state index in [4.69, 9.17) is 12.2 Å². The highest BCUT2D eigenvalue weighted by atomic mass is 79.9. The lowest BCUT2D eigenvalue weighted by Crippen LogP contribution is -2.11. The molecule has 2 aromatic carbocycles. The minimum Gasteiger partial charge on any atom is -0.348 e. The molecule has 1 N–H and O–H groups in total. The number of aliphatic imine (C=N–C) groups is 1. The van der Waals surface area contributed by atoms with E-state index in [2.05, 4.69) is 26.2 Å². The molecule has 1 aliphatic rings. The Morgan fingerprint density at radius 2 is 1.86 bits per heavy atom. The van der Waals surface area contributed by atoms with Gasteiger partial charge in [-0.1, -0.05) is 34.2 Å². The first-order valence-electron chi connectivity index (χ1n) is 6.15. The highest BCUT2D eigenvalue weighted by molar-refractivity contribution is 9.10. The first-order valence-corrected chi connectivity index (χ1v) is 7.35. The Labute approximate surface area is 134 Å². The average Bonchev–Trinajstić information content (AvgIpc) is 2.58. The number of hydrogen-bond donors (Lipinski definition) is 1. The van der Waals surface area contributed by atoms with Crippen molar-refractivity contribution in [3.05, 3.63) is 63.6 Å². The summed E-state index contributed by atoms with van der Waals surface area (Å²) in [6.07, 6.45) is 0. The summed E-state index contributed by atoms with van der Waals surface area (Å²) >= 11 is 8.52. The Kier molecular flexibility index (Phi) is 3.82. The van der Waals surface area contributed by atoms with Crippen LogP contribution in [0.25, 0.3) is 0 Å². The summed E-state index contributed by atoms with van der Waals surface area (Å²) in [6.45, 7) is 0.185. The van der Waals surface area contributed by atoms with Gasteiger partial charge in [-0.2, -0.15) is 0 Å². The van der Waals surface area contributed by atoms with Crippen LogP contribution in [0.2, 0.25) is 0 Å². The van der Waals surface area contributed by atoms with Gasteiger partial charge in [-0.15, -0.1) is 0 Å². The molecular weight excluding hydrogens is 358 g/mol. The quantitative estimate of drug-likeness (QED) is 0.760. The zero-order valence-electron chi connectivity index (χ0n) is 10.7. The number of nitrogens with zero attached hydrogens (tertiary/aromatic N) is 1. The van der Waals surface area contributed by atoms with Crippen LogP contribution in [0.15, 0.2) is 45.9 Å². The van der Waals surface area contributed by atoms with E-state index in [0.717, 1.165) is 4.47 Å². The fourth-order valence-electron chi connectivity index (χ4n) is 2.18. The monoisotopic (exact) mass is 366 g/mol. The first kappa shape index (κ1) is 14.3. The lowest BCUT2D eigenvalue weighted by Gasteiger charge is -2.12. The molecule has 0 bridgehead atoms. The number of fused-ring (bicyclic) bond motifs is 1. The fraction of sp³-hybridized carbons (Fsp3) is 0.0667. The van der Waals surface area contributed by atoms with E-state index in [9.17, 15) is 8.78 Å². The summed E-state index contributed by atoms with van der Waals surface area (Å²) in [5.74, 6) is -1.29. The van der Waals surface area contributed by atoms with Gasteiger partial charge in [0.15, 0.2) is 0 Å². The lowest BCUT2D eigenvalue weighted by atomic mass is 9.99. The molecule has 0 aromatic heterocycles.